The number of allylic oxidation sites excluding steroid dienone is 5. The molecule has 46 heavy (non-hydrogen) atoms. The molecule has 1 unspecified atom stereocenters. The third-order valence-electron chi connectivity index (χ3n) is 7.18. The number of amides is 2. The molecule has 2 rings (SSSR count). The molecule has 0 aliphatic rings. The van der Waals surface area contributed by atoms with E-state index >= 15 is 0 Å². The van der Waals surface area contributed by atoms with Gasteiger partial charge in [0.25, 0.3) is 0 Å². The minimum atomic E-state index is -1.15. The average molecular weight is 649 g/mol. The summed E-state index contributed by atoms with van der Waals surface area (Å²) in [4.78, 5) is 39.1. The number of carbonyl (C=O) groups is 3. The number of rotatable bonds is 17. The maximum Gasteiger partial charge on any atom is 0.408 e. The van der Waals surface area contributed by atoms with Gasteiger partial charge >= 0.3 is 12.1 Å². The van der Waals surface area contributed by atoms with Crippen LogP contribution in [0.25, 0.3) is 0 Å². The largest absolute Gasteiger partial charge is 0.480 e. The van der Waals surface area contributed by atoms with E-state index < -0.39 is 41.6 Å². The number of hydrogen-bond donors (Lipinski definition) is 3. The quantitative estimate of drug-likeness (QED) is 0.117. The second-order valence-electron chi connectivity index (χ2n) is 12.8. The molecule has 2 amide bonds. The number of alkyl carbamates (subject to hydrolysis) is 1. The van der Waals surface area contributed by atoms with E-state index in [0.29, 0.717) is 5.75 Å². The molecule has 0 fully saturated rings. The molecule has 8 heteroatoms. The van der Waals surface area contributed by atoms with Gasteiger partial charge in [-0.1, -0.05) is 95.6 Å². The highest BCUT2D eigenvalue weighted by Gasteiger charge is 2.35. The van der Waals surface area contributed by atoms with Crippen LogP contribution in [0.15, 0.2) is 95.6 Å². The molecule has 0 heterocycles. The lowest BCUT2D eigenvalue weighted by Gasteiger charge is -2.30. The summed E-state index contributed by atoms with van der Waals surface area (Å²) >= 11 is 1.44. The van der Waals surface area contributed by atoms with Gasteiger partial charge in [-0.2, -0.15) is 11.8 Å². The summed E-state index contributed by atoms with van der Waals surface area (Å²) in [7, 11) is 0. The zero-order valence-corrected chi connectivity index (χ0v) is 29.3. The molecular formula is C38H52N2O5S. The van der Waals surface area contributed by atoms with Crippen LogP contribution in [0.4, 0.5) is 4.79 Å². The number of carboxylic acid groups (broad SMARTS) is 1. The summed E-state index contributed by atoms with van der Waals surface area (Å²) in [6.07, 6.45) is 9.95. The SMILES string of the molecule is CC(C)=CCC/C(C)=C/CC/C(C)=C/CSC[C@H](NC(=O)C(NC(=O)OC(C)(C)C)C(c1ccccc1)c1ccccc1)C(=O)O. The summed E-state index contributed by atoms with van der Waals surface area (Å²) in [5.41, 5.74) is 4.78. The van der Waals surface area contributed by atoms with Gasteiger partial charge in [0.2, 0.25) is 5.91 Å². The first kappa shape index (κ1) is 38.4. The van der Waals surface area contributed by atoms with Crippen molar-refractivity contribution in [1.82, 2.24) is 10.6 Å². The lowest BCUT2D eigenvalue weighted by molar-refractivity contribution is -0.141. The highest BCUT2D eigenvalue weighted by atomic mass is 32.2. The van der Waals surface area contributed by atoms with Gasteiger partial charge in [0.15, 0.2) is 0 Å². The van der Waals surface area contributed by atoms with Gasteiger partial charge in [0, 0.05) is 17.4 Å². The van der Waals surface area contributed by atoms with Crippen molar-refractivity contribution in [3.8, 4) is 0 Å². The smallest absolute Gasteiger partial charge is 0.408 e. The van der Waals surface area contributed by atoms with E-state index in [0.717, 1.165) is 36.8 Å². The Kier molecular flexibility index (Phi) is 16.4. The van der Waals surface area contributed by atoms with Crippen LogP contribution in [0.3, 0.4) is 0 Å². The molecule has 2 aromatic carbocycles. The van der Waals surface area contributed by atoms with E-state index in [4.69, 9.17) is 4.74 Å². The van der Waals surface area contributed by atoms with Gasteiger partial charge in [0.1, 0.15) is 17.7 Å². The molecule has 250 valence electrons. The van der Waals surface area contributed by atoms with Crippen molar-refractivity contribution < 1.29 is 24.2 Å². The number of thioether (sulfide) groups is 1. The molecule has 7 nitrogen and oxygen atoms in total. The zero-order chi connectivity index (χ0) is 34.1. The van der Waals surface area contributed by atoms with Crippen LogP contribution in [0, 0.1) is 0 Å². The van der Waals surface area contributed by atoms with Crippen molar-refractivity contribution >= 4 is 29.7 Å². The first-order chi connectivity index (χ1) is 21.8. The molecule has 0 saturated heterocycles. The van der Waals surface area contributed by atoms with E-state index in [9.17, 15) is 19.5 Å². The van der Waals surface area contributed by atoms with E-state index in [-0.39, 0.29) is 5.75 Å². The number of ether oxygens (including phenoxy) is 1. The molecule has 3 N–H and O–H groups in total. The predicted octanol–water partition coefficient (Wildman–Crippen LogP) is 8.43. The Balaban J connectivity index is 2.14. The van der Waals surface area contributed by atoms with Crippen molar-refractivity contribution in [2.24, 2.45) is 0 Å². The van der Waals surface area contributed by atoms with E-state index in [1.807, 2.05) is 60.7 Å². The lowest BCUT2D eigenvalue weighted by Crippen LogP contribution is -2.55. The van der Waals surface area contributed by atoms with Gasteiger partial charge in [-0.15, -0.1) is 0 Å². The minimum Gasteiger partial charge on any atom is -0.480 e. The van der Waals surface area contributed by atoms with Crippen molar-refractivity contribution in [3.63, 3.8) is 0 Å². The first-order valence-corrected chi connectivity index (χ1v) is 17.1. The van der Waals surface area contributed by atoms with Gasteiger partial charge in [0.05, 0.1) is 0 Å². The molecule has 0 aromatic heterocycles. The first-order valence-electron chi connectivity index (χ1n) is 15.9. The van der Waals surface area contributed by atoms with E-state index in [2.05, 4.69) is 56.6 Å². The second-order valence-corrected chi connectivity index (χ2v) is 13.9. The Hall–Kier alpha value is -3.78. The van der Waals surface area contributed by atoms with Gasteiger partial charge in [-0.3, -0.25) is 4.79 Å². The third kappa shape index (κ3) is 15.0. The predicted molar refractivity (Wildman–Crippen MR) is 190 cm³/mol. The normalized spacial score (nSPS) is 13.5. The Bertz CT molecular complexity index is 1300. The molecule has 0 bridgehead atoms. The molecule has 0 saturated carbocycles. The number of hydrogen-bond acceptors (Lipinski definition) is 5. The van der Waals surface area contributed by atoms with Crippen LogP contribution < -0.4 is 10.6 Å². The van der Waals surface area contributed by atoms with Crippen LogP contribution in [0.1, 0.15) is 91.2 Å². The minimum absolute atomic E-state index is 0.175. The molecule has 0 spiro atoms. The molecule has 0 aliphatic heterocycles. The highest BCUT2D eigenvalue weighted by Crippen LogP contribution is 2.29. The lowest BCUT2D eigenvalue weighted by atomic mass is 9.84. The maximum atomic E-state index is 13.9. The summed E-state index contributed by atoms with van der Waals surface area (Å²) < 4.78 is 5.50. The fourth-order valence-corrected chi connectivity index (χ4v) is 5.80. The topological polar surface area (TPSA) is 105 Å². The molecule has 2 aromatic rings. The standard InChI is InChI=1S/C38H52N2O5S/c1-27(2)16-14-17-28(3)18-15-19-29(4)24-25-46-26-32(36(42)43)39-35(41)34(40-37(44)45-38(5,6)7)33(30-20-10-8-11-21-30)31-22-12-9-13-23-31/h8-13,16,18,20-24,32-34H,14-15,17,19,25-26H2,1-7H3,(H,39,41)(H,40,44)(H,42,43)/b28-18+,29-24+/t32-,34?/m0/s1. The van der Waals surface area contributed by atoms with Crippen LogP contribution in [0.5, 0.6) is 0 Å². The van der Waals surface area contributed by atoms with E-state index in [1.165, 1.54) is 28.5 Å². The van der Waals surface area contributed by atoms with Crippen molar-refractivity contribution in [2.45, 2.75) is 97.8 Å². The maximum absolute atomic E-state index is 13.9. The Morgan fingerprint density at radius 2 is 1.33 bits per heavy atom. The van der Waals surface area contributed by atoms with Crippen molar-refractivity contribution in [2.75, 3.05) is 11.5 Å². The molecule has 2 atom stereocenters. The molecular weight excluding hydrogens is 596 g/mol. The van der Waals surface area contributed by atoms with Crippen LogP contribution >= 0.6 is 11.8 Å². The monoisotopic (exact) mass is 648 g/mol. The van der Waals surface area contributed by atoms with Crippen molar-refractivity contribution in [1.29, 1.82) is 0 Å². The third-order valence-corrected chi connectivity index (χ3v) is 8.15. The Morgan fingerprint density at radius 3 is 1.83 bits per heavy atom. The Morgan fingerprint density at radius 1 is 0.804 bits per heavy atom. The number of aliphatic carboxylic acids is 1. The van der Waals surface area contributed by atoms with E-state index in [1.54, 1.807) is 20.8 Å². The fourth-order valence-electron chi connectivity index (χ4n) is 4.80. The van der Waals surface area contributed by atoms with Gasteiger partial charge in [-0.05, 0) is 85.3 Å². The molecule has 0 radical (unpaired) electrons. The average Bonchev–Trinajstić information content (AvgIpc) is 2.98. The van der Waals surface area contributed by atoms with Crippen LogP contribution in [0.2, 0.25) is 0 Å². The van der Waals surface area contributed by atoms with Crippen LogP contribution in [-0.2, 0) is 14.3 Å². The van der Waals surface area contributed by atoms with Gasteiger partial charge in [-0.25, -0.2) is 9.59 Å². The summed E-state index contributed by atoms with van der Waals surface area (Å²) in [5, 5.41) is 15.5. The zero-order valence-electron chi connectivity index (χ0n) is 28.5. The number of carbonyl (C=O) groups excluding carboxylic acids is 2. The molecule has 0 aliphatic carbocycles. The van der Waals surface area contributed by atoms with Crippen molar-refractivity contribution in [3.05, 3.63) is 107 Å². The summed E-state index contributed by atoms with van der Waals surface area (Å²) in [6.45, 7) is 13.7. The highest BCUT2D eigenvalue weighted by molar-refractivity contribution is 7.99. The Labute approximate surface area is 280 Å². The number of nitrogens with one attached hydrogen (secondary N) is 2. The summed E-state index contributed by atoms with van der Waals surface area (Å²) in [6, 6.07) is 16.5. The number of carboxylic acids is 1. The fraction of sp³-hybridized carbons (Fsp3) is 0.447. The number of benzene rings is 2. The van der Waals surface area contributed by atoms with Gasteiger partial charge < -0.3 is 20.5 Å². The second kappa shape index (κ2) is 19.7. The summed E-state index contributed by atoms with van der Waals surface area (Å²) in [5.74, 6) is -1.52. The van der Waals surface area contributed by atoms with Crippen LogP contribution in [-0.4, -0.2) is 52.3 Å².